The Balaban J connectivity index is 3.45. The summed E-state index contributed by atoms with van der Waals surface area (Å²) in [6.07, 6.45) is 0. The third-order valence-corrected chi connectivity index (χ3v) is 28.4. The maximum atomic E-state index is 5.67. The van der Waals surface area contributed by atoms with Gasteiger partial charge in [-0.3, -0.25) is 0 Å². The van der Waals surface area contributed by atoms with Crippen LogP contribution in [-0.4, -0.2) is 14.0 Å². The van der Waals surface area contributed by atoms with Gasteiger partial charge in [0, 0.05) is 0 Å². The molecule has 0 spiro atoms. The van der Waals surface area contributed by atoms with Gasteiger partial charge in [-0.15, -0.1) is 0 Å². The first-order chi connectivity index (χ1) is 3.13. The summed E-state index contributed by atoms with van der Waals surface area (Å²) in [6.45, 7) is 4.52. The van der Waals surface area contributed by atoms with E-state index in [4.69, 9.17) is 17.0 Å². The SMILES string of the molecule is C[Si](C)[Si]=[Zr]([Cl])[Cl]. The average Bonchev–Trinajstić information content (AvgIpc) is 1.27. The van der Waals surface area contributed by atoms with Gasteiger partial charge < -0.3 is 0 Å². The monoisotopic (exact) mass is 246 g/mol. The number of halogens is 2. The second-order valence-corrected chi connectivity index (χ2v) is 26.5. The van der Waals surface area contributed by atoms with Gasteiger partial charge in [-0.1, -0.05) is 0 Å². The Morgan fingerprint density at radius 1 is 1.43 bits per heavy atom. The molecular weight excluding hydrogens is 242 g/mol. The van der Waals surface area contributed by atoms with E-state index in [9.17, 15) is 0 Å². The summed E-state index contributed by atoms with van der Waals surface area (Å²) in [5.74, 6) is 0. The standard InChI is InChI=1S/C2H6Si2.2ClH.Zr/c1-4(2)3;;;/h1-2H3;2*1H;/q;;;+2/p-2. The van der Waals surface area contributed by atoms with Crippen LogP contribution in [0, 0.1) is 0 Å². The Morgan fingerprint density at radius 2 is 1.86 bits per heavy atom. The third-order valence-electron chi connectivity index (χ3n) is 0.344. The fourth-order valence-corrected chi connectivity index (χ4v) is 30.2. The van der Waals surface area contributed by atoms with Crippen LogP contribution in [0.3, 0.4) is 0 Å². The Morgan fingerprint density at radius 3 is 1.86 bits per heavy atom. The van der Waals surface area contributed by atoms with E-state index in [2.05, 4.69) is 13.1 Å². The molecule has 0 amide bonds. The van der Waals surface area contributed by atoms with Crippen molar-refractivity contribution in [3.8, 4) is 0 Å². The van der Waals surface area contributed by atoms with Crippen LogP contribution < -0.4 is 0 Å². The van der Waals surface area contributed by atoms with Crippen LogP contribution in [0.4, 0.5) is 0 Å². The van der Waals surface area contributed by atoms with E-state index in [1.165, 1.54) is 0 Å². The van der Waals surface area contributed by atoms with E-state index in [-0.39, 0.29) is 8.31 Å². The first-order valence-corrected chi connectivity index (χ1v) is 16.4. The minimum absolute atomic E-state index is 0.0829. The Kier molecular flexibility index (Phi) is 6.03. The second kappa shape index (κ2) is 4.75. The van der Waals surface area contributed by atoms with Gasteiger partial charge in [0.05, 0.1) is 0 Å². The summed E-state index contributed by atoms with van der Waals surface area (Å²) in [5.41, 5.74) is 0.974. The number of hydrogen-bond donors (Lipinski definition) is 0. The molecule has 0 nitrogen and oxygen atoms in total. The molecule has 7 heavy (non-hydrogen) atoms. The zero-order valence-corrected chi connectivity index (χ0v) is 10.2. The molecule has 0 rings (SSSR count). The van der Waals surface area contributed by atoms with Crippen molar-refractivity contribution >= 4 is 31.0 Å². The minimum atomic E-state index is -1.67. The molecule has 0 N–H and O–H groups in total. The van der Waals surface area contributed by atoms with Crippen molar-refractivity contribution in [2.24, 2.45) is 0 Å². The summed E-state index contributed by atoms with van der Waals surface area (Å²) in [4.78, 5) is 0. The van der Waals surface area contributed by atoms with Crippen molar-refractivity contribution in [2.75, 3.05) is 0 Å². The Bertz CT molecular complexity index is 77.8. The summed E-state index contributed by atoms with van der Waals surface area (Å²) in [5, 5.41) is 0. The summed E-state index contributed by atoms with van der Waals surface area (Å²) >= 11 is -1.67. The fourth-order valence-electron chi connectivity index (χ4n) is 0.189. The van der Waals surface area contributed by atoms with Crippen molar-refractivity contribution in [1.29, 1.82) is 0 Å². The summed E-state index contributed by atoms with van der Waals surface area (Å²) in [6, 6.07) is 0. The molecule has 0 aromatic carbocycles. The molecule has 0 heterocycles. The molecule has 0 saturated heterocycles. The first kappa shape index (κ1) is 8.90. The molecule has 0 atom stereocenters. The molecule has 0 aliphatic rings. The Hall–Kier alpha value is 1.90. The van der Waals surface area contributed by atoms with Gasteiger partial charge in [0.15, 0.2) is 0 Å². The average molecular weight is 248 g/mol. The van der Waals surface area contributed by atoms with Gasteiger partial charge in [0.1, 0.15) is 0 Å². The van der Waals surface area contributed by atoms with Gasteiger partial charge in [-0.2, -0.15) is 0 Å². The molecule has 2 radical (unpaired) electrons. The molecule has 0 saturated carbocycles. The van der Waals surface area contributed by atoms with Gasteiger partial charge in [0.2, 0.25) is 0 Å². The quantitative estimate of drug-likeness (QED) is 0.621. The molecule has 0 aliphatic heterocycles. The molecule has 0 aromatic rings. The first-order valence-electron chi connectivity index (χ1n) is 1.88. The van der Waals surface area contributed by atoms with E-state index in [0.717, 1.165) is 5.67 Å². The number of rotatable bonds is 1. The van der Waals surface area contributed by atoms with E-state index in [1.807, 2.05) is 0 Å². The normalized spacial score (nSPS) is 9.29. The van der Waals surface area contributed by atoms with Crippen LogP contribution in [0.15, 0.2) is 0 Å². The van der Waals surface area contributed by atoms with Crippen LogP contribution in [0.5, 0.6) is 0 Å². The van der Waals surface area contributed by atoms with Crippen LogP contribution in [0.1, 0.15) is 0 Å². The van der Waals surface area contributed by atoms with Gasteiger partial charge >= 0.3 is 62.1 Å². The van der Waals surface area contributed by atoms with Gasteiger partial charge in [-0.05, 0) is 0 Å². The van der Waals surface area contributed by atoms with E-state index in [1.54, 1.807) is 0 Å². The van der Waals surface area contributed by atoms with Crippen LogP contribution in [-0.2, 0) is 18.0 Å². The van der Waals surface area contributed by atoms with Crippen molar-refractivity contribution in [1.82, 2.24) is 0 Å². The fraction of sp³-hybridized carbons (Fsp3) is 1.00. The van der Waals surface area contributed by atoms with Crippen LogP contribution >= 0.6 is 17.0 Å². The Labute approximate surface area is 61.5 Å². The summed E-state index contributed by atoms with van der Waals surface area (Å²) < 4.78 is 0. The van der Waals surface area contributed by atoms with E-state index < -0.39 is 18.0 Å². The zero-order valence-electron chi connectivity index (χ0n) is 4.26. The number of hydrogen-bond acceptors (Lipinski definition) is 0. The van der Waals surface area contributed by atoms with Gasteiger partial charge in [-0.25, -0.2) is 0 Å². The van der Waals surface area contributed by atoms with Crippen LogP contribution in [0.25, 0.3) is 0 Å². The topological polar surface area (TPSA) is 0 Å². The molecule has 0 fully saturated rings. The van der Waals surface area contributed by atoms with E-state index >= 15 is 0 Å². The maximum absolute atomic E-state index is 5.67. The molecule has 0 bridgehead atoms. The van der Waals surface area contributed by atoms with Gasteiger partial charge in [0.25, 0.3) is 0 Å². The third kappa shape index (κ3) is 7.90. The molecule has 40 valence electrons. The van der Waals surface area contributed by atoms with Crippen molar-refractivity contribution in [3.05, 3.63) is 0 Å². The van der Waals surface area contributed by atoms with Crippen molar-refractivity contribution in [3.63, 3.8) is 0 Å². The predicted molar refractivity (Wildman–Crippen MR) is 34.9 cm³/mol. The summed E-state index contributed by atoms with van der Waals surface area (Å²) in [7, 11) is 11.3. The molecule has 5 heteroatoms. The molecule has 0 unspecified atom stereocenters. The molecular formula is C2H6Cl2Si2Zr. The van der Waals surface area contributed by atoms with Crippen molar-refractivity contribution < 1.29 is 18.0 Å². The predicted octanol–water partition coefficient (Wildman–Crippen LogP) is 1.78. The second-order valence-electron chi connectivity index (χ2n) is 1.39. The van der Waals surface area contributed by atoms with E-state index in [0.29, 0.717) is 0 Å². The zero-order chi connectivity index (χ0) is 5.86. The van der Waals surface area contributed by atoms with Crippen LogP contribution in [0.2, 0.25) is 13.1 Å². The molecule has 0 aliphatic carbocycles. The van der Waals surface area contributed by atoms with Crippen molar-refractivity contribution in [2.45, 2.75) is 13.1 Å². The molecule has 0 aromatic heterocycles.